The van der Waals surface area contributed by atoms with Crippen molar-refractivity contribution in [3.63, 3.8) is 0 Å². The highest BCUT2D eigenvalue weighted by Crippen LogP contribution is 2.42. The number of ether oxygens (including phenoxy) is 1. The number of carbonyl (C=O) groups excluding carboxylic acids is 3. The lowest BCUT2D eigenvalue weighted by molar-refractivity contribution is -0.120. The van der Waals surface area contributed by atoms with Gasteiger partial charge in [-0.05, 0) is 41.5 Å². The molecule has 1 saturated heterocycles. The fourth-order valence-electron chi connectivity index (χ4n) is 3.49. The second-order valence-electron chi connectivity index (χ2n) is 7.36. The molecule has 3 amide bonds. The zero-order chi connectivity index (χ0) is 23.2. The third kappa shape index (κ3) is 5.32. The van der Waals surface area contributed by atoms with Crippen molar-refractivity contribution in [1.82, 2.24) is 9.88 Å². The number of hydrogen-bond donors (Lipinski definition) is 2. The predicted molar refractivity (Wildman–Crippen MR) is 125 cm³/mol. The molecule has 168 valence electrons. The number of nitrogens with one attached hydrogen (secondary N) is 1. The molecule has 0 spiro atoms. The first-order valence-electron chi connectivity index (χ1n) is 10.2. The predicted octanol–water partition coefficient (Wildman–Crippen LogP) is 3.57. The number of nitrogens with two attached hydrogens (primary N) is 1. The quantitative estimate of drug-likeness (QED) is 0.579. The van der Waals surface area contributed by atoms with Crippen LogP contribution in [0, 0.1) is 0 Å². The molecule has 2 aromatic carbocycles. The van der Waals surface area contributed by atoms with E-state index in [1.807, 2.05) is 42.5 Å². The summed E-state index contributed by atoms with van der Waals surface area (Å²) in [7, 11) is 0. The molecular weight excluding hydrogens is 440 g/mol. The van der Waals surface area contributed by atoms with Gasteiger partial charge < -0.3 is 15.8 Å². The van der Waals surface area contributed by atoms with Gasteiger partial charge in [0.2, 0.25) is 11.8 Å². The third-order valence-electron chi connectivity index (χ3n) is 5.12. The molecule has 3 N–H and O–H groups in total. The van der Waals surface area contributed by atoms with Crippen LogP contribution in [0.2, 0.25) is 0 Å². The zero-order valence-electron chi connectivity index (χ0n) is 17.6. The highest BCUT2D eigenvalue weighted by molar-refractivity contribution is 7.99. The van der Waals surface area contributed by atoms with E-state index in [-0.39, 0.29) is 18.1 Å². The van der Waals surface area contributed by atoms with E-state index in [2.05, 4.69) is 10.3 Å². The van der Waals surface area contributed by atoms with Crippen molar-refractivity contribution in [2.75, 3.05) is 11.1 Å². The molecule has 3 aromatic rings. The van der Waals surface area contributed by atoms with E-state index in [4.69, 9.17) is 10.5 Å². The zero-order valence-corrected chi connectivity index (χ0v) is 18.4. The van der Waals surface area contributed by atoms with Gasteiger partial charge in [-0.15, -0.1) is 11.8 Å². The fourth-order valence-corrected chi connectivity index (χ4v) is 4.91. The SMILES string of the molecule is NC(=O)c1cccc(NC(=O)[C@@H]2CSC(c3ccncc3)N2C(=O)OCc2ccccc2)c1. The summed E-state index contributed by atoms with van der Waals surface area (Å²) in [4.78, 5) is 43.3. The standard InChI is InChI=1S/C24H22N4O4S/c25-21(29)18-7-4-8-19(13-18)27-22(30)20-15-33-23(17-9-11-26-12-10-17)28(20)24(31)32-14-16-5-2-1-3-6-16/h1-13,20,23H,14-15H2,(H2,25,29)(H,27,30)/t20-,23?/m0/s1. The molecule has 9 heteroatoms. The van der Waals surface area contributed by atoms with Crippen LogP contribution in [-0.2, 0) is 16.1 Å². The first-order valence-corrected chi connectivity index (χ1v) is 11.3. The minimum absolute atomic E-state index is 0.0961. The molecular formula is C24H22N4O4S. The summed E-state index contributed by atoms with van der Waals surface area (Å²) in [6.07, 6.45) is 2.70. The first-order chi connectivity index (χ1) is 16.0. The highest BCUT2D eigenvalue weighted by Gasteiger charge is 2.43. The average molecular weight is 463 g/mol. The van der Waals surface area contributed by atoms with Crippen LogP contribution < -0.4 is 11.1 Å². The van der Waals surface area contributed by atoms with Gasteiger partial charge in [0.05, 0.1) is 0 Å². The van der Waals surface area contributed by atoms with Gasteiger partial charge in [0, 0.05) is 29.4 Å². The number of rotatable bonds is 6. The molecule has 0 radical (unpaired) electrons. The average Bonchev–Trinajstić information content (AvgIpc) is 3.29. The number of aromatic nitrogens is 1. The van der Waals surface area contributed by atoms with Gasteiger partial charge in [-0.2, -0.15) is 0 Å². The smallest absolute Gasteiger partial charge is 0.412 e. The largest absolute Gasteiger partial charge is 0.444 e. The topological polar surface area (TPSA) is 115 Å². The molecule has 2 atom stereocenters. The van der Waals surface area contributed by atoms with Crippen molar-refractivity contribution in [1.29, 1.82) is 0 Å². The van der Waals surface area contributed by atoms with Crippen molar-refractivity contribution >= 4 is 35.4 Å². The van der Waals surface area contributed by atoms with Crippen LogP contribution in [0.1, 0.15) is 26.9 Å². The summed E-state index contributed by atoms with van der Waals surface area (Å²) in [5.74, 6) is -0.585. The molecule has 8 nitrogen and oxygen atoms in total. The Labute approximate surface area is 195 Å². The monoisotopic (exact) mass is 462 g/mol. The molecule has 33 heavy (non-hydrogen) atoms. The lowest BCUT2D eigenvalue weighted by Crippen LogP contribution is -2.45. The highest BCUT2D eigenvalue weighted by atomic mass is 32.2. The van der Waals surface area contributed by atoms with Crippen molar-refractivity contribution in [2.45, 2.75) is 18.0 Å². The summed E-state index contributed by atoms with van der Waals surface area (Å²) in [6.45, 7) is 0.0961. The lowest BCUT2D eigenvalue weighted by atomic mass is 10.1. The number of primary amides is 1. The Kier molecular flexibility index (Phi) is 6.89. The fraction of sp³-hybridized carbons (Fsp3) is 0.167. The van der Waals surface area contributed by atoms with E-state index in [0.717, 1.165) is 11.1 Å². The molecule has 2 heterocycles. The van der Waals surface area contributed by atoms with Crippen LogP contribution >= 0.6 is 11.8 Å². The van der Waals surface area contributed by atoms with Gasteiger partial charge in [0.15, 0.2) is 0 Å². The Bertz CT molecular complexity index is 1140. The number of thioether (sulfide) groups is 1. The van der Waals surface area contributed by atoms with Crippen molar-refractivity contribution in [2.24, 2.45) is 5.73 Å². The van der Waals surface area contributed by atoms with Crippen molar-refractivity contribution in [3.8, 4) is 0 Å². The maximum absolute atomic E-state index is 13.2. The molecule has 1 aliphatic heterocycles. The number of carbonyl (C=O) groups is 3. The van der Waals surface area contributed by atoms with Gasteiger partial charge in [-0.25, -0.2) is 4.79 Å². The Morgan fingerprint density at radius 2 is 1.82 bits per heavy atom. The first kappa shape index (κ1) is 22.3. The molecule has 1 fully saturated rings. The molecule has 1 aliphatic rings. The molecule has 4 rings (SSSR count). The second kappa shape index (κ2) is 10.2. The van der Waals surface area contributed by atoms with E-state index >= 15 is 0 Å². The second-order valence-corrected chi connectivity index (χ2v) is 8.48. The van der Waals surface area contributed by atoms with Crippen LogP contribution in [0.25, 0.3) is 0 Å². The minimum Gasteiger partial charge on any atom is -0.444 e. The van der Waals surface area contributed by atoms with E-state index in [0.29, 0.717) is 11.4 Å². The number of nitrogens with zero attached hydrogens (tertiary/aromatic N) is 2. The lowest BCUT2D eigenvalue weighted by Gasteiger charge is -2.28. The minimum atomic E-state index is -0.770. The summed E-state index contributed by atoms with van der Waals surface area (Å²) < 4.78 is 5.56. The number of anilines is 1. The summed E-state index contributed by atoms with van der Waals surface area (Å²) in [5.41, 5.74) is 7.73. The van der Waals surface area contributed by atoms with Gasteiger partial charge in [-0.1, -0.05) is 36.4 Å². The van der Waals surface area contributed by atoms with Crippen LogP contribution in [0.15, 0.2) is 79.1 Å². The van der Waals surface area contributed by atoms with Crippen LogP contribution in [-0.4, -0.2) is 39.6 Å². The molecule has 0 bridgehead atoms. The Morgan fingerprint density at radius 3 is 2.55 bits per heavy atom. The van der Waals surface area contributed by atoms with Crippen molar-refractivity contribution in [3.05, 3.63) is 95.8 Å². The number of benzene rings is 2. The maximum atomic E-state index is 13.2. The Morgan fingerprint density at radius 1 is 1.06 bits per heavy atom. The van der Waals surface area contributed by atoms with E-state index in [1.54, 1.807) is 30.6 Å². The van der Waals surface area contributed by atoms with E-state index in [9.17, 15) is 14.4 Å². The molecule has 1 aromatic heterocycles. The number of amides is 3. The van der Waals surface area contributed by atoms with Gasteiger partial charge in [0.1, 0.15) is 18.0 Å². The van der Waals surface area contributed by atoms with Gasteiger partial charge in [0.25, 0.3) is 0 Å². The van der Waals surface area contributed by atoms with Crippen LogP contribution in [0.4, 0.5) is 10.5 Å². The normalized spacial score (nSPS) is 17.4. The Hall–Kier alpha value is -3.85. The van der Waals surface area contributed by atoms with Gasteiger partial charge >= 0.3 is 6.09 Å². The molecule has 0 saturated carbocycles. The number of hydrogen-bond acceptors (Lipinski definition) is 6. The Balaban J connectivity index is 1.54. The van der Waals surface area contributed by atoms with E-state index in [1.165, 1.54) is 22.7 Å². The van der Waals surface area contributed by atoms with Crippen LogP contribution in [0.3, 0.4) is 0 Å². The van der Waals surface area contributed by atoms with Crippen LogP contribution in [0.5, 0.6) is 0 Å². The number of pyridine rings is 1. The summed E-state index contributed by atoms with van der Waals surface area (Å²) >= 11 is 1.47. The summed E-state index contributed by atoms with van der Waals surface area (Å²) in [6, 6.07) is 18.5. The van der Waals surface area contributed by atoms with Crippen molar-refractivity contribution < 1.29 is 19.1 Å². The van der Waals surface area contributed by atoms with Gasteiger partial charge in [-0.3, -0.25) is 19.5 Å². The van der Waals surface area contributed by atoms with E-state index < -0.39 is 23.4 Å². The molecule has 1 unspecified atom stereocenters. The maximum Gasteiger partial charge on any atom is 0.412 e. The summed E-state index contributed by atoms with van der Waals surface area (Å²) in [5, 5.41) is 2.39. The molecule has 0 aliphatic carbocycles. The third-order valence-corrected chi connectivity index (χ3v) is 6.45.